The lowest BCUT2D eigenvalue weighted by molar-refractivity contribution is -0.141. The molecule has 0 radical (unpaired) electrons. The number of ether oxygens (including phenoxy) is 1. The van der Waals surface area contributed by atoms with Crippen molar-refractivity contribution in [1.29, 1.82) is 0 Å². The van der Waals surface area contributed by atoms with Crippen LogP contribution in [0.25, 0.3) is 0 Å². The van der Waals surface area contributed by atoms with E-state index in [2.05, 4.69) is 11.9 Å². The molecule has 1 N–H and O–H groups in total. The topological polar surface area (TPSA) is 79.0 Å². The summed E-state index contributed by atoms with van der Waals surface area (Å²) in [6.45, 7) is 9.20. The molecule has 2 atom stereocenters. The van der Waals surface area contributed by atoms with Crippen molar-refractivity contribution in [3.05, 3.63) is 59.8 Å². The maximum atomic E-state index is 13.8. The highest BCUT2D eigenvalue weighted by molar-refractivity contribution is 5.93. The third-order valence-electron chi connectivity index (χ3n) is 6.36. The van der Waals surface area contributed by atoms with Gasteiger partial charge in [-0.1, -0.05) is 56.2 Å². The average Bonchev–Trinajstić information content (AvgIpc) is 2.83. The molecule has 0 heterocycles. The van der Waals surface area contributed by atoms with Gasteiger partial charge in [0.2, 0.25) is 5.91 Å². The van der Waals surface area contributed by atoms with Gasteiger partial charge in [0.05, 0.1) is 7.11 Å². The lowest BCUT2D eigenvalue weighted by atomic mass is 9.93. The number of nitrogens with zero attached hydrogens (tertiary/aromatic N) is 2. The summed E-state index contributed by atoms with van der Waals surface area (Å²) in [6, 6.07) is 5.87. The Bertz CT molecular complexity index is 889. The third kappa shape index (κ3) is 6.24. The van der Waals surface area contributed by atoms with Crippen molar-refractivity contribution in [2.45, 2.75) is 71.0 Å². The predicted molar refractivity (Wildman–Crippen MR) is 129 cm³/mol. The number of carbonyl (C=O) groups is 3. The molecule has 1 aromatic rings. The average molecular weight is 456 g/mol. The van der Waals surface area contributed by atoms with E-state index in [9.17, 15) is 14.4 Å². The van der Waals surface area contributed by atoms with Crippen LogP contribution in [0.3, 0.4) is 0 Å². The molecule has 7 heteroatoms. The van der Waals surface area contributed by atoms with E-state index in [1.807, 2.05) is 31.2 Å². The number of likely N-dealkylation sites (N-methyl/N-ethyl adjacent to an activating group) is 1. The molecule has 7 nitrogen and oxygen atoms in total. The number of nitrogens with one attached hydrogen (secondary N) is 1. The van der Waals surface area contributed by atoms with Crippen LogP contribution in [0.4, 0.5) is 4.79 Å². The Balaban J connectivity index is 2.56. The van der Waals surface area contributed by atoms with Crippen molar-refractivity contribution >= 4 is 17.9 Å². The van der Waals surface area contributed by atoms with Gasteiger partial charge in [0, 0.05) is 18.8 Å². The van der Waals surface area contributed by atoms with E-state index in [0.717, 1.165) is 36.8 Å². The van der Waals surface area contributed by atoms with Crippen LogP contribution < -0.4 is 5.32 Å². The molecule has 0 unspecified atom stereocenters. The van der Waals surface area contributed by atoms with Crippen molar-refractivity contribution in [3.63, 3.8) is 0 Å². The maximum Gasteiger partial charge on any atom is 0.409 e. The van der Waals surface area contributed by atoms with Gasteiger partial charge >= 0.3 is 6.09 Å². The van der Waals surface area contributed by atoms with Gasteiger partial charge in [0.15, 0.2) is 0 Å². The van der Waals surface area contributed by atoms with Crippen molar-refractivity contribution in [1.82, 2.24) is 15.1 Å². The summed E-state index contributed by atoms with van der Waals surface area (Å²) in [4.78, 5) is 42.3. The fourth-order valence-corrected chi connectivity index (χ4v) is 4.25. The number of aryl methyl sites for hydroxylation is 1. The molecule has 1 aromatic carbocycles. The zero-order valence-corrected chi connectivity index (χ0v) is 20.5. The van der Waals surface area contributed by atoms with Crippen molar-refractivity contribution in [2.75, 3.05) is 14.2 Å². The second-order valence-electron chi connectivity index (χ2n) is 8.49. The number of amides is 3. The molecule has 0 spiro atoms. The van der Waals surface area contributed by atoms with E-state index < -0.39 is 24.1 Å². The molecule has 3 amide bonds. The van der Waals surface area contributed by atoms with E-state index in [-0.39, 0.29) is 11.9 Å². The van der Waals surface area contributed by atoms with Gasteiger partial charge in [-0.3, -0.25) is 19.4 Å². The normalized spacial score (nSPS) is 16.3. The standard InChI is InChI=1S/C26H37N3O4/c1-7-21(8-2)29(25(31)19(4)28(5)26(32)33-6)23(22-17-13-12-14-18(22)3)24(30)27-20-15-10-9-11-16-20/h7-8,12-14,17,19-20,23H,1,9-11,15-16H2,2-6H3,(H,27,30)/b21-8+/t19-,23-/m0/s1. The number of methoxy groups -OCH3 is 1. The van der Waals surface area contributed by atoms with Crippen molar-refractivity contribution in [2.24, 2.45) is 0 Å². The SMILES string of the molecule is C=C/C(=C\C)N(C(=O)[C@H](C)N(C)C(=O)OC)[C@H](C(=O)NC1CCCCC1)c1ccccc1C. The molecular weight excluding hydrogens is 418 g/mol. The summed E-state index contributed by atoms with van der Waals surface area (Å²) < 4.78 is 4.79. The van der Waals surface area contributed by atoms with Crippen molar-refractivity contribution in [3.8, 4) is 0 Å². The van der Waals surface area contributed by atoms with Gasteiger partial charge in [-0.2, -0.15) is 0 Å². The molecule has 1 saturated carbocycles. The zero-order valence-electron chi connectivity index (χ0n) is 20.5. The summed E-state index contributed by atoms with van der Waals surface area (Å²) in [6.07, 6.45) is 7.87. The molecule has 33 heavy (non-hydrogen) atoms. The number of allylic oxidation sites excluding steroid dienone is 2. The van der Waals surface area contributed by atoms with Gasteiger partial charge < -0.3 is 10.1 Å². The first-order valence-electron chi connectivity index (χ1n) is 11.5. The van der Waals surface area contributed by atoms with Crippen LogP contribution in [0.2, 0.25) is 0 Å². The Hall–Kier alpha value is -3.09. The molecule has 1 fully saturated rings. The maximum absolute atomic E-state index is 13.8. The summed E-state index contributed by atoms with van der Waals surface area (Å²) in [5, 5.41) is 3.19. The number of hydrogen-bond donors (Lipinski definition) is 1. The summed E-state index contributed by atoms with van der Waals surface area (Å²) >= 11 is 0. The number of benzene rings is 1. The van der Waals surface area contributed by atoms with Crippen LogP contribution >= 0.6 is 0 Å². The summed E-state index contributed by atoms with van der Waals surface area (Å²) in [5.74, 6) is -0.637. The van der Waals surface area contributed by atoms with Crippen molar-refractivity contribution < 1.29 is 19.1 Å². The Labute approximate surface area is 197 Å². The van der Waals surface area contributed by atoms with Gasteiger partial charge in [0.1, 0.15) is 12.1 Å². The first kappa shape index (κ1) is 26.2. The molecule has 0 aliphatic heterocycles. The van der Waals surface area contributed by atoms with Crippen LogP contribution in [0.1, 0.15) is 63.1 Å². The van der Waals surface area contributed by atoms with Crippen LogP contribution in [-0.2, 0) is 14.3 Å². The van der Waals surface area contributed by atoms with E-state index in [0.29, 0.717) is 5.70 Å². The van der Waals surface area contributed by atoms with E-state index >= 15 is 0 Å². The van der Waals surface area contributed by atoms with Gasteiger partial charge in [-0.25, -0.2) is 4.79 Å². The quantitative estimate of drug-likeness (QED) is 0.586. The highest BCUT2D eigenvalue weighted by Crippen LogP contribution is 2.30. The smallest absolute Gasteiger partial charge is 0.409 e. The fourth-order valence-electron chi connectivity index (χ4n) is 4.25. The number of hydrogen-bond acceptors (Lipinski definition) is 4. The van der Waals surface area contributed by atoms with Crippen LogP contribution in [0.15, 0.2) is 48.7 Å². The molecule has 0 bridgehead atoms. The van der Waals surface area contributed by atoms with Gasteiger partial charge in [0.25, 0.3) is 5.91 Å². The number of carbonyl (C=O) groups excluding carboxylic acids is 3. The first-order chi connectivity index (χ1) is 15.8. The van der Waals surface area contributed by atoms with E-state index in [1.165, 1.54) is 30.4 Å². The summed E-state index contributed by atoms with van der Waals surface area (Å²) in [7, 11) is 2.77. The Kier molecular flexibility index (Phi) is 9.70. The minimum Gasteiger partial charge on any atom is -0.453 e. The molecule has 1 aliphatic rings. The summed E-state index contributed by atoms with van der Waals surface area (Å²) in [5.41, 5.74) is 2.12. The van der Waals surface area contributed by atoms with Crippen LogP contribution in [-0.4, -0.2) is 53.9 Å². The molecule has 0 aromatic heterocycles. The van der Waals surface area contributed by atoms with Crippen LogP contribution in [0.5, 0.6) is 0 Å². The number of rotatable bonds is 8. The highest BCUT2D eigenvalue weighted by atomic mass is 16.5. The second-order valence-corrected chi connectivity index (χ2v) is 8.49. The monoisotopic (exact) mass is 455 g/mol. The predicted octanol–water partition coefficient (Wildman–Crippen LogP) is 4.49. The first-order valence-corrected chi connectivity index (χ1v) is 11.5. The molecular formula is C26H37N3O4. The Morgan fingerprint density at radius 3 is 2.36 bits per heavy atom. The molecule has 2 rings (SSSR count). The largest absolute Gasteiger partial charge is 0.453 e. The highest BCUT2D eigenvalue weighted by Gasteiger charge is 2.38. The fraction of sp³-hybridized carbons (Fsp3) is 0.500. The Morgan fingerprint density at radius 2 is 1.82 bits per heavy atom. The zero-order chi connectivity index (χ0) is 24.5. The van der Waals surface area contributed by atoms with Crippen LogP contribution in [0, 0.1) is 6.92 Å². The lowest BCUT2D eigenvalue weighted by Crippen LogP contribution is -2.52. The van der Waals surface area contributed by atoms with Gasteiger partial charge in [-0.15, -0.1) is 0 Å². The van der Waals surface area contributed by atoms with E-state index in [4.69, 9.17) is 4.74 Å². The lowest BCUT2D eigenvalue weighted by Gasteiger charge is -2.37. The molecule has 0 saturated heterocycles. The third-order valence-corrected chi connectivity index (χ3v) is 6.36. The van der Waals surface area contributed by atoms with Gasteiger partial charge in [-0.05, 0) is 50.8 Å². The Morgan fingerprint density at radius 1 is 1.18 bits per heavy atom. The minimum absolute atomic E-state index is 0.0858. The minimum atomic E-state index is -0.904. The molecule has 1 aliphatic carbocycles. The molecule has 180 valence electrons. The van der Waals surface area contributed by atoms with E-state index in [1.54, 1.807) is 26.0 Å². The second kappa shape index (κ2) is 12.2.